The molecule has 3 rings (SSSR count). The minimum absolute atomic E-state index is 0.0225. The summed E-state index contributed by atoms with van der Waals surface area (Å²) in [5, 5.41) is 8.63. The highest BCUT2D eigenvalue weighted by molar-refractivity contribution is 5.89. The SMILES string of the molecule is CCOC(=O)[C@H](C)NC(=O)[C@H](CC1CNc2ccccc21)NC(=O)OCc1ccccc1. The van der Waals surface area contributed by atoms with Crippen molar-refractivity contribution < 1.29 is 23.9 Å². The number of amides is 2. The lowest BCUT2D eigenvalue weighted by atomic mass is 9.93. The summed E-state index contributed by atoms with van der Waals surface area (Å²) < 4.78 is 10.3. The molecule has 2 amide bonds. The van der Waals surface area contributed by atoms with Crippen LogP contribution in [0.25, 0.3) is 0 Å². The zero-order valence-corrected chi connectivity index (χ0v) is 18.3. The van der Waals surface area contributed by atoms with Crippen LogP contribution in [0.1, 0.15) is 37.3 Å². The number of carbonyl (C=O) groups excluding carboxylic acids is 3. The van der Waals surface area contributed by atoms with Gasteiger partial charge >= 0.3 is 12.1 Å². The molecule has 1 aliphatic heterocycles. The van der Waals surface area contributed by atoms with Crippen molar-refractivity contribution in [2.45, 2.75) is 44.9 Å². The molecule has 0 bridgehead atoms. The van der Waals surface area contributed by atoms with E-state index in [2.05, 4.69) is 16.0 Å². The van der Waals surface area contributed by atoms with Crippen LogP contribution in [0.15, 0.2) is 54.6 Å². The molecule has 1 aliphatic rings. The Labute approximate surface area is 187 Å². The van der Waals surface area contributed by atoms with Crippen molar-refractivity contribution in [2.24, 2.45) is 0 Å². The second kappa shape index (κ2) is 11.2. The molecule has 0 aromatic heterocycles. The largest absolute Gasteiger partial charge is 0.464 e. The van der Waals surface area contributed by atoms with E-state index in [-0.39, 0.29) is 19.1 Å². The second-order valence-corrected chi connectivity index (χ2v) is 7.64. The van der Waals surface area contributed by atoms with Crippen LogP contribution in [0.3, 0.4) is 0 Å². The molecule has 0 radical (unpaired) electrons. The molecule has 2 aromatic rings. The lowest BCUT2D eigenvalue weighted by molar-refractivity contribution is -0.147. The van der Waals surface area contributed by atoms with E-state index < -0.39 is 30.1 Å². The monoisotopic (exact) mass is 439 g/mol. The molecule has 0 saturated carbocycles. The number of hydrogen-bond acceptors (Lipinski definition) is 6. The van der Waals surface area contributed by atoms with Crippen LogP contribution in [0.2, 0.25) is 0 Å². The number of esters is 1. The fourth-order valence-corrected chi connectivity index (χ4v) is 3.63. The lowest BCUT2D eigenvalue weighted by Gasteiger charge is -2.23. The Balaban J connectivity index is 1.66. The molecule has 8 nitrogen and oxygen atoms in total. The van der Waals surface area contributed by atoms with Gasteiger partial charge in [0.25, 0.3) is 0 Å². The molecule has 170 valence electrons. The van der Waals surface area contributed by atoms with E-state index >= 15 is 0 Å². The van der Waals surface area contributed by atoms with Crippen LogP contribution in [-0.2, 0) is 25.7 Å². The summed E-state index contributed by atoms with van der Waals surface area (Å²) in [5.41, 5.74) is 2.94. The van der Waals surface area contributed by atoms with Gasteiger partial charge in [-0.2, -0.15) is 0 Å². The maximum Gasteiger partial charge on any atom is 0.408 e. The van der Waals surface area contributed by atoms with Crippen molar-refractivity contribution in [1.82, 2.24) is 10.6 Å². The number of ether oxygens (including phenoxy) is 2. The van der Waals surface area contributed by atoms with Gasteiger partial charge in [0.2, 0.25) is 5.91 Å². The highest BCUT2D eigenvalue weighted by atomic mass is 16.5. The zero-order chi connectivity index (χ0) is 22.9. The summed E-state index contributed by atoms with van der Waals surface area (Å²) in [7, 11) is 0. The smallest absolute Gasteiger partial charge is 0.408 e. The standard InChI is InChI=1S/C24H29N3O5/c1-3-31-23(29)16(2)26-22(28)21(13-18-14-25-20-12-8-7-11-19(18)20)27-24(30)32-15-17-9-5-4-6-10-17/h4-12,16,18,21,25H,3,13-15H2,1-2H3,(H,26,28)(H,27,30)/t16-,18?,21-/m0/s1. The molecule has 2 aromatic carbocycles. The Bertz CT molecular complexity index is 934. The Morgan fingerprint density at radius 1 is 1.03 bits per heavy atom. The van der Waals surface area contributed by atoms with Gasteiger partial charge in [-0.1, -0.05) is 48.5 Å². The number of anilines is 1. The summed E-state index contributed by atoms with van der Waals surface area (Å²) >= 11 is 0. The Morgan fingerprint density at radius 3 is 2.50 bits per heavy atom. The summed E-state index contributed by atoms with van der Waals surface area (Å²) in [6, 6.07) is 15.4. The summed E-state index contributed by atoms with van der Waals surface area (Å²) in [5.74, 6) is -0.972. The third-order valence-electron chi connectivity index (χ3n) is 5.28. The van der Waals surface area contributed by atoms with E-state index in [4.69, 9.17) is 9.47 Å². The number of hydrogen-bond donors (Lipinski definition) is 3. The predicted octanol–water partition coefficient (Wildman–Crippen LogP) is 2.95. The molecule has 3 atom stereocenters. The molecule has 3 N–H and O–H groups in total. The first kappa shape index (κ1) is 23.1. The average molecular weight is 440 g/mol. The van der Waals surface area contributed by atoms with Crippen molar-refractivity contribution >= 4 is 23.7 Å². The fourth-order valence-electron chi connectivity index (χ4n) is 3.63. The first-order valence-corrected chi connectivity index (χ1v) is 10.7. The maximum atomic E-state index is 13.0. The van der Waals surface area contributed by atoms with Crippen molar-refractivity contribution in [3.05, 3.63) is 65.7 Å². The molecule has 32 heavy (non-hydrogen) atoms. The van der Waals surface area contributed by atoms with Crippen LogP contribution in [-0.4, -0.2) is 43.2 Å². The molecule has 0 aliphatic carbocycles. The van der Waals surface area contributed by atoms with Crippen molar-refractivity contribution in [3.8, 4) is 0 Å². The molecule has 0 fully saturated rings. The van der Waals surface area contributed by atoms with Gasteiger partial charge in [0.05, 0.1) is 6.61 Å². The number of alkyl carbamates (subject to hydrolysis) is 1. The summed E-state index contributed by atoms with van der Waals surface area (Å²) in [6.45, 7) is 4.21. The normalized spacial score (nSPS) is 16.1. The van der Waals surface area contributed by atoms with Gasteiger partial charge < -0.3 is 25.4 Å². The van der Waals surface area contributed by atoms with Gasteiger partial charge in [-0.3, -0.25) is 4.79 Å². The topological polar surface area (TPSA) is 106 Å². The van der Waals surface area contributed by atoms with E-state index in [1.165, 1.54) is 0 Å². The molecular formula is C24H29N3O5. The van der Waals surface area contributed by atoms with Gasteiger partial charge in [-0.15, -0.1) is 0 Å². The molecule has 0 saturated heterocycles. The maximum absolute atomic E-state index is 13.0. The minimum atomic E-state index is -0.881. The molecular weight excluding hydrogens is 410 g/mol. The van der Waals surface area contributed by atoms with Crippen LogP contribution in [0.4, 0.5) is 10.5 Å². The van der Waals surface area contributed by atoms with E-state index in [9.17, 15) is 14.4 Å². The van der Waals surface area contributed by atoms with E-state index in [0.717, 1.165) is 16.8 Å². The van der Waals surface area contributed by atoms with Crippen LogP contribution in [0.5, 0.6) is 0 Å². The number of nitrogens with one attached hydrogen (secondary N) is 3. The van der Waals surface area contributed by atoms with Gasteiger partial charge in [-0.25, -0.2) is 9.59 Å². The summed E-state index contributed by atoms with van der Waals surface area (Å²) in [6.07, 6.45) is -0.344. The van der Waals surface area contributed by atoms with Gasteiger partial charge in [0.1, 0.15) is 18.7 Å². The number of para-hydroxylation sites is 1. The first-order chi connectivity index (χ1) is 15.5. The van der Waals surface area contributed by atoms with Crippen molar-refractivity contribution in [3.63, 3.8) is 0 Å². The van der Waals surface area contributed by atoms with Crippen LogP contribution < -0.4 is 16.0 Å². The van der Waals surface area contributed by atoms with E-state index in [0.29, 0.717) is 13.0 Å². The van der Waals surface area contributed by atoms with Gasteiger partial charge in [0, 0.05) is 18.2 Å². The second-order valence-electron chi connectivity index (χ2n) is 7.64. The highest BCUT2D eigenvalue weighted by Gasteiger charge is 2.31. The minimum Gasteiger partial charge on any atom is -0.464 e. The van der Waals surface area contributed by atoms with Crippen molar-refractivity contribution in [2.75, 3.05) is 18.5 Å². The summed E-state index contributed by atoms with van der Waals surface area (Å²) in [4.78, 5) is 37.3. The molecule has 1 heterocycles. The average Bonchev–Trinajstić information content (AvgIpc) is 3.21. The number of carbonyl (C=O) groups is 3. The molecule has 1 unspecified atom stereocenters. The number of rotatable bonds is 9. The first-order valence-electron chi connectivity index (χ1n) is 10.7. The Hall–Kier alpha value is -3.55. The number of benzene rings is 2. The van der Waals surface area contributed by atoms with E-state index in [1.54, 1.807) is 13.8 Å². The predicted molar refractivity (Wildman–Crippen MR) is 120 cm³/mol. The lowest BCUT2D eigenvalue weighted by Crippen LogP contribution is -2.51. The van der Waals surface area contributed by atoms with Gasteiger partial charge in [0.15, 0.2) is 0 Å². The van der Waals surface area contributed by atoms with Crippen molar-refractivity contribution in [1.29, 1.82) is 0 Å². The fraction of sp³-hybridized carbons (Fsp3) is 0.375. The molecule has 0 spiro atoms. The highest BCUT2D eigenvalue weighted by Crippen LogP contribution is 2.34. The quantitative estimate of drug-likeness (QED) is 0.519. The van der Waals surface area contributed by atoms with Crippen LogP contribution in [0, 0.1) is 0 Å². The van der Waals surface area contributed by atoms with E-state index in [1.807, 2.05) is 54.6 Å². The zero-order valence-electron chi connectivity index (χ0n) is 18.3. The third kappa shape index (κ3) is 6.23. The Kier molecular flexibility index (Phi) is 8.08. The van der Waals surface area contributed by atoms with Crippen LogP contribution >= 0.6 is 0 Å². The van der Waals surface area contributed by atoms with Gasteiger partial charge in [-0.05, 0) is 37.5 Å². The Morgan fingerprint density at radius 2 is 1.75 bits per heavy atom. The molecule has 8 heteroatoms. The number of fused-ring (bicyclic) bond motifs is 1. The third-order valence-corrected chi connectivity index (χ3v) is 5.28.